The van der Waals surface area contributed by atoms with Crippen LogP contribution in [-0.4, -0.2) is 20.4 Å². The van der Waals surface area contributed by atoms with Crippen LogP contribution in [0.2, 0.25) is 0 Å². The second kappa shape index (κ2) is 8.17. The largest absolute Gasteiger partial charge is 0.351 e. The van der Waals surface area contributed by atoms with E-state index in [9.17, 15) is 0 Å². The van der Waals surface area contributed by atoms with Crippen molar-refractivity contribution in [2.24, 2.45) is 0 Å². The number of H-pyrrole nitrogens is 1. The molecule has 0 saturated carbocycles. The van der Waals surface area contributed by atoms with Gasteiger partial charge in [0.1, 0.15) is 11.2 Å². The Labute approximate surface area is 191 Å². The normalized spacial score (nSPS) is 11.0. The molecule has 0 amide bonds. The average molecular weight is 425 g/mol. The van der Waals surface area contributed by atoms with Gasteiger partial charge in [0.05, 0.1) is 5.52 Å². The number of rotatable bonds is 4. The first-order valence-corrected chi connectivity index (χ1v) is 10.9. The van der Waals surface area contributed by atoms with E-state index in [1.54, 1.807) is 0 Å². The summed E-state index contributed by atoms with van der Waals surface area (Å²) in [7, 11) is 0. The Bertz CT molecular complexity index is 1550. The van der Waals surface area contributed by atoms with E-state index in [1.807, 2.05) is 36.4 Å². The first-order valence-electron chi connectivity index (χ1n) is 10.9. The van der Waals surface area contributed by atoms with E-state index in [1.165, 1.54) is 5.56 Å². The zero-order valence-electron chi connectivity index (χ0n) is 17.8. The lowest BCUT2D eigenvalue weighted by Crippen LogP contribution is -1.94. The summed E-state index contributed by atoms with van der Waals surface area (Å²) in [6.45, 7) is 0. The molecule has 0 radical (unpaired) electrons. The minimum Gasteiger partial charge on any atom is -0.351 e. The van der Waals surface area contributed by atoms with Crippen LogP contribution >= 0.6 is 0 Å². The van der Waals surface area contributed by atoms with Gasteiger partial charge in [-0.25, -0.2) is 0 Å². The van der Waals surface area contributed by atoms with Crippen molar-refractivity contribution in [3.8, 4) is 44.8 Å². The van der Waals surface area contributed by atoms with Gasteiger partial charge < -0.3 is 4.98 Å². The first kappa shape index (κ1) is 19.1. The third-order valence-corrected chi connectivity index (χ3v) is 5.90. The second-order valence-electron chi connectivity index (χ2n) is 7.90. The monoisotopic (exact) mass is 424 g/mol. The maximum absolute atomic E-state index is 4.46. The number of hydrogen-bond acceptors (Lipinski definition) is 3. The summed E-state index contributed by atoms with van der Waals surface area (Å²) in [5, 5.41) is 12.9. The predicted octanol–water partition coefficient (Wildman–Crippen LogP) is 7.02. The van der Waals surface area contributed by atoms with Crippen molar-refractivity contribution in [3.63, 3.8) is 0 Å². The fourth-order valence-electron chi connectivity index (χ4n) is 4.35. The van der Waals surface area contributed by atoms with Crippen molar-refractivity contribution >= 4 is 11.0 Å². The number of hydrogen-bond donors (Lipinski definition) is 1. The highest BCUT2D eigenvalue weighted by molar-refractivity contribution is 5.97. The van der Waals surface area contributed by atoms with Crippen molar-refractivity contribution in [2.75, 3.05) is 0 Å². The van der Waals surface area contributed by atoms with E-state index in [-0.39, 0.29) is 0 Å². The smallest absolute Gasteiger partial charge is 0.121 e. The fraction of sp³-hybridized carbons (Fsp3) is 0. The summed E-state index contributed by atoms with van der Waals surface area (Å²) in [6, 6.07) is 39.5. The van der Waals surface area contributed by atoms with E-state index in [0.29, 0.717) is 0 Å². The molecule has 4 aromatic carbocycles. The summed E-state index contributed by atoms with van der Waals surface area (Å²) in [5.74, 6) is 0. The van der Waals surface area contributed by atoms with Crippen LogP contribution in [0.1, 0.15) is 0 Å². The minimum absolute atomic E-state index is 0.792. The van der Waals surface area contributed by atoms with Gasteiger partial charge in [0.25, 0.3) is 0 Å². The SMILES string of the molecule is c1ccc(-c2ccccc2-c2cc3nnnc(-c4ccccc4-c4ccccc4)c3[nH]2)cc1. The van der Waals surface area contributed by atoms with Crippen LogP contribution in [0.3, 0.4) is 0 Å². The number of nitrogens with one attached hydrogen (secondary N) is 1. The minimum atomic E-state index is 0.792. The first-order chi connectivity index (χ1) is 16.4. The number of benzene rings is 4. The molecular formula is C29H20N4. The van der Waals surface area contributed by atoms with Gasteiger partial charge >= 0.3 is 0 Å². The van der Waals surface area contributed by atoms with E-state index in [0.717, 1.165) is 50.2 Å². The van der Waals surface area contributed by atoms with E-state index in [4.69, 9.17) is 0 Å². The van der Waals surface area contributed by atoms with Crippen LogP contribution in [-0.2, 0) is 0 Å². The van der Waals surface area contributed by atoms with Crippen LogP contribution in [0.5, 0.6) is 0 Å². The molecule has 2 aromatic heterocycles. The highest BCUT2D eigenvalue weighted by atomic mass is 15.3. The third kappa shape index (κ3) is 3.48. The standard InChI is InChI=1S/C29H20N4/c1-3-11-20(12-4-1)22-15-7-9-17-24(22)26-19-27-29(30-26)28(32-33-31-27)25-18-10-8-16-23(25)21-13-5-2-6-14-21/h1-19,30H. The topological polar surface area (TPSA) is 54.5 Å². The van der Waals surface area contributed by atoms with Crippen LogP contribution in [0.15, 0.2) is 115 Å². The maximum Gasteiger partial charge on any atom is 0.121 e. The molecule has 156 valence electrons. The van der Waals surface area contributed by atoms with Crippen molar-refractivity contribution in [1.82, 2.24) is 20.4 Å². The molecule has 0 fully saturated rings. The molecule has 0 aliphatic carbocycles. The fourth-order valence-corrected chi connectivity index (χ4v) is 4.35. The molecule has 6 rings (SSSR count). The average Bonchev–Trinajstić information content (AvgIpc) is 3.34. The summed E-state index contributed by atoms with van der Waals surface area (Å²) in [4.78, 5) is 3.60. The molecule has 0 bridgehead atoms. The molecule has 4 heteroatoms. The third-order valence-electron chi connectivity index (χ3n) is 5.90. The van der Waals surface area contributed by atoms with Crippen LogP contribution in [0, 0.1) is 0 Å². The van der Waals surface area contributed by atoms with Crippen molar-refractivity contribution in [2.45, 2.75) is 0 Å². The van der Waals surface area contributed by atoms with Gasteiger partial charge in [-0.2, -0.15) is 0 Å². The lowest BCUT2D eigenvalue weighted by Gasteiger charge is -2.10. The van der Waals surface area contributed by atoms with Crippen LogP contribution < -0.4 is 0 Å². The lowest BCUT2D eigenvalue weighted by atomic mass is 9.97. The summed E-state index contributed by atoms with van der Waals surface area (Å²) >= 11 is 0. The Morgan fingerprint density at radius 2 is 1.00 bits per heavy atom. The van der Waals surface area contributed by atoms with Crippen molar-refractivity contribution in [3.05, 3.63) is 115 Å². The predicted molar refractivity (Wildman–Crippen MR) is 133 cm³/mol. The van der Waals surface area contributed by atoms with Gasteiger partial charge in [-0.05, 0) is 33.5 Å². The Hall–Kier alpha value is -4.57. The quantitative estimate of drug-likeness (QED) is 0.331. The lowest BCUT2D eigenvalue weighted by molar-refractivity contribution is 0.900. The number of nitrogens with zero attached hydrogens (tertiary/aromatic N) is 3. The molecule has 0 spiro atoms. The molecule has 0 unspecified atom stereocenters. The molecule has 0 aliphatic rings. The molecule has 4 nitrogen and oxygen atoms in total. The van der Waals surface area contributed by atoms with Crippen LogP contribution in [0.4, 0.5) is 0 Å². The molecule has 0 atom stereocenters. The Kier molecular flexibility index (Phi) is 4.74. The highest BCUT2D eigenvalue weighted by Gasteiger charge is 2.17. The Balaban J connectivity index is 1.54. The summed E-state index contributed by atoms with van der Waals surface area (Å²) in [6.07, 6.45) is 0. The van der Waals surface area contributed by atoms with Crippen LogP contribution in [0.25, 0.3) is 55.8 Å². The van der Waals surface area contributed by atoms with Gasteiger partial charge in [-0.1, -0.05) is 109 Å². The summed E-state index contributed by atoms with van der Waals surface area (Å²) in [5.41, 5.74) is 10.2. The molecular weight excluding hydrogens is 404 g/mol. The van der Waals surface area contributed by atoms with E-state index in [2.05, 4.69) is 99.3 Å². The van der Waals surface area contributed by atoms with Gasteiger partial charge in [0.2, 0.25) is 0 Å². The molecule has 0 saturated heterocycles. The maximum atomic E-state index is 4.46. The van der Waals surface area contributed by atoms with E-state index >= 15 is 0 Å². The van der Waals surface area contributed by atoms with Gasteiger partial charge in [-0.3, -0.25) is 0 Å². The zero-order chi connectivity index (χ0) is 22.0. The number of fused-ring (bicyclic) bond motifs is 1. The Morgan fingerprint density at radius 3 is 1.64 bits per heavy atom. The zero-order valence-corrected chi connectivity index (χ0v) is 17.8. The second-order valence-corrected chi connectivity index (χ2v) is 7.90. The van der Waals surface area contributed by atoms with E-state index < -0.39 is 0 Å². The van der Waals surface area contributed by atoms with Gasteiger partial charge in [-0.15, -0.1) is 10.2 Å². The molecule has 0 aliphatic heterocycles. The number of aromatic amines is 1. The van der Waals surface area contributed by atoms with Crippen molar-refractivity contribution < 1.29 is 0 Å². The number of aromatic nitrogens is 4. The molecule has 1 N–H and O–H groups in total. The molecule has 2 heterocycles. The highest BCUT2D eigenvalue weighted by Crippen LogP contribution is 2.37. The molecule has 6 aromatic rings. The Morgan fingerprint density at radius 1 is 0.485 bits per heavy atom. The molecule has 33 heavy (non-hydrogen) atoms. The van der Waals surface area contributed by atoms with Gasteiger partial charge in [0, 0.05) is 16.8 Å². The van der Waals surface area contributed by atoms with Gasteiger partial charge in [0.15, 0.2) is 0 Å². The van der Waals surface area contributed by atoms with Crippen molar-refractivity contribution in [1.29, 1.82) is 0 Å². The summed E-state index contributed by atoms with van der Waals surface area (Å²) < 4.78 is 0.